The maximum absolute atomic E-state index is 11.9. The van der Waals surface area contributed by atoms with Gasteiger partial charge in [-0.2, -0.15) is 0 Å². The highest BCUT2D eigenvalue weighted by atomic mass is 16.2. The Bertz CT molecular complexity index is 353. The molecule has 0 radical (unpaired) electrons. The van der Waals surface area contributed by atoms with Crippen LogP contribution in [0, 0.1) is 0 Å². The van der Waals surface area contributed by atoms with Gasteiger partial charge in [-0.15, -0.1) is 0 Å². The smallest absolute Gasteiger partial charge is 0.236 e. The Balaban J connectivity index is 2.06. The minimum Gasteiger partial charge on any atom is -0.350 e. The Morgan fingerprint density at radius 1 is 1.21 bits per heavy atom. The van der Waals surface area contributed by atoms with Crippen molar-refractivity contribution in [1.29, 1.82) is 0 Å². The first-order valence-electron chi connectivity index (χ1n) is 7.35. The number of amides is 2. The van der Waals surface area contributed by atoms with Crippen LogP contribution in [0.1, 0.15) is 52.4 Å². The number of rotatable bonds is 4. The summed E-state index contributed by atoms with van der Waals surface area (Å²) in [4.78, 5) is 25.7. The second-order valence-corrected chi connectivity index (χ2v) is 5.91. The average Bonchev–Trinajstić information content (AvgIpc) is 3.15. The van der Waals surface area contributed by atoms with Crippen molar-refractivity contribution < 1.29 is 9.59 Å². The first-order valence-corrected chi connectivity index (χ1v) is 7.35. The number of hydrogen-bond donors (Lipinski definition) is 2. The summed E-state index contributed by atoms with van der Waals surface area (Å²) in [6, 6.07) is 0.128. The molecule has 2 fully saturated rings. The van der Waals surface area contributed by atoms with Gasteiger partial charge in [-0.25, -0.2) is 0 Å². The molecule has 2 aliphatic carbocycles. The van der Waals surface area contributed by atoms with E-state index < -0.39 is 6.04 Å². The monoisotopic (exact) mass is 267 g/mol. The number of nitrogens with zero attached hydrogens (tertiary/aromatic N) is 1. The van der Waals surface area contributed by atoms with E-state index >= 15 is 0 Å². The van der Waals surface area contributed by atoms with E-state index in [2.05, 4.69) is 5.32 Å². The van der Waals surface area contributed by atoms with Gasteiger partial charge in [-0.3, -0.25) is 9.59 Å². The predicted octanol–water partition coefficient (Wildman–Crippen LogP) is 0.772. The highest BCUT2D eigenvalue weighted by molar-refractivity contribution is 5.81. The number of carbonyl (C=O) groups excluding carboxylic acids is 2. The third kappa shape index (κ3) is 3.47. The van der Waals surface area contributed by atoms with Crippen LogP contribution in [0.15, 0.2) is 0 Å². The van der Waals surface area contributed by atoms with Crippen LogP contribution >= 0.6 is 0 Å². The van der Waals surface area contributed by atoms with Crippen LogP contribution in [0.5, 0.6) is 0 Å². The fourth-order valence-electron chi connectivity index (χ4n) is 3.04. The number of nitrogens with one attached hydrogen (secondary N) is 1. The van der Waals surface area contributed by atoms with Gasteiger partial charge in [-0.05, 0) is 32.6 Å². The third-order valence-electron chi connectivity index (χ3n) is 4.13. The van der Waals surface area contributed by atoms with E-state index in [1.54, 1.807) is 13.8 Å². The molecule has 0 saturated heterocycles. The average molecular weight is 267 g/mol. The van der Waals surface area contributed by atoms with Crippen molar-refractivity contribution in [3.63, 3.8) is 0 Å². The summed E-state index contributed by atoms with van der Waals surface area (Å²) in [5, 5.41) is 3.03. The Morgan fingerprint density at radius 2 is 1.84 bits per heavy atom. The quantitative estimate of drug-likeness (QED) is 0.790. The van der Waals surface area contributed by atoms with Crippen LogP contribution in [0.2, 0.25) is 0 Å². The zero-order valence-corrected chi connectivity index (χ0v) is 11.9. The van der Waals surface area contributed by atoms with Gasteiger partial charge in [0.05, 0.1) is 12.1 Å². The van der Waals surface area contributed by atoms with Crippen molar-refractivity contribution in [2.75, 3.05) is 0 Å². The lowest BCUT2D eigenvalue weighted by Crippen LogP contribution is -2.57. The molecule has 0 aromatic carbocycles. The molecule has 5 heteroatoms. The molecule has 0 bridgehead atoms. The van der Waals surface area contributed by atoms with Gasteiger partial charge in [0.1, 0.15) is 0 Å². The molecule has 0 heterocycles. The summed E-state index contributed by atoms with van der Waals surface area (Å²) in [5.74, 6) is 0.0191. The minimum atomic E-state index is -0.491. The molecule has 2 amide bonds. The Morgan fingerprint density at radius 3 is 2.37 bits per heavy atom. The van der Waals surface area contributed by atoms with Crippen molar-refractivity contribution in [2.24, 2.45) is 5.73 Å². The summed E-state index contributed by atoms with van der Waals surface area (Å²) >= 11 is 0. The molecule has 2 rings (SSSR count). The Labute approximate surface area is 114 Å². The Kier molecular flexibility index (Phi) is 4.45. The van der Waals surface area contributed by atoms with Gasteiger partial charge >= 0.3 is 0 Å². The SMILES string of the molecule is CC(=O)N(C1CC1)[C@H]1CCCC[C@H]1NC(=O)[C@H](C)N. The standard InChI is InChI=1S/C14H25N3O2/c1-9(15)14(19)16-12-5-3-4-6-13(12)17(10(2)18)11-7-8-11/h9,11-13H,3-8,15H2,1-2H3,(H,16,19)/t9-,12+,13-/m0/s1. The van der Waals surface area contributed by atoms with Crippen molar-refractivity contribution in [3.05, 3.63) is 0 Å². The molecule has 19 heavy (non-hydrogen) atoms. The molecule has 2 saturated carbocycles. The van der Waals surface area contributed by atoms with E-state index in [0.717, 1.165) is 38.5 Å². The molecule has 0 aromatic heterocycles. The first kappa shape index (κ1) is 14.3. The fourth-order valence-corrected chi connectivity index (χ4v) is 3.04. The lowest BCUT2D eigenvalue weighted by Gasteiger charge is -2.40. The molecule has 3 N–H and O–H groups in total. The second-order valence-electron chi connectivity index (χ2n) is 5.91. The molecule has 0 aliphatic heterocycles. The topological polar surface area (TPSA) is 75.4 Å². The van der Waals surface area contributed by atoms with E-state index in [4.69, 9.17) is 5.73 Å². The van der Waals surface area contributed by atoms with Crippen LogP contribution in [-0.4, -0.2) is 40.9 Å². The van der Waals surface area contributed by atoms with Crippen molar-refractivity contribution in [3.8, 4) is 0 Å². The molecular formula is C14H25N3O2. The summed E-state index contributed by atoms with van der Waals surface area (Å²) in [7, 11) is 0. The van der Waals surface area contributed by atoms with Gasteiger partial charge in [0, 0.05) is 19.0 Å². The van der Waals surface area contributed by atoms with Crippen LogP contribution in [-0.2, 0) is 9.59 Å². The number of hydrogen-bond acceptors (Lipinski definition) is 3. The maximum Gasteiger partial charge on any atom is 0.236 e. The van der Waals surface area contributed by atoms with E-state index in [9.17, 15) is 9.59 Å². The number of nitrogens with two attached hydrogens (primary N) is 1. The summed E-state index contributed by atoms with van der Waals surface area (Å²) in [6.45, 7) is 3.33. The van der Waals surface area contributed by atoms with E-state index in [1.807, 2.05) is 4.90 Å². The molecule has 5 nitrogen and oxygen atoms in total. The zero-order chi connectivity index (χ0) is 14.0. The maximum atomic E-state index is 11.9. The number of carbonyl (C=O) groups is 2. The lowest BCUT2D eigenvalue weighted by atomic mass is 9.88. The molecule has 0 spiro atoms. The van der Waals surface area contributed by atoms with Crippen LogP contribution in [0.25, 0.3) is 0 Å². The fraction of sp³-hybridized carbons (Fsp3) is 0.857. The minimum absolute atomic E-state index is 0.0664. The lowest BCUT2D eigenvalue weighted by molar-refractivity contribution is -0.134. The van der Waals surface area contributed by atoms with Gasteiger partial charge in [-0.1, -0.05) is 12.8 Å². The van der Waals surface area contributed by atoms with Gasteiger partial charge in [0.15, 0.2) is 0 Å². The predicted molar refractivity (Wildman–Crippen MR) is 73.4 cm³/mol. The Hall–Kier alpha value is -1.10. The van der Waals surface area contributed by atoms with Crippen LogP contribution in [0.3, 0.4) is 0 Å². The summed E-state index contributed by atoms with van der Waals surface area (Å²) < 4.78 is 0. The van der Waals surface area contributed by atoms with Crippen molar-refractivity contribution in [2.45, 2.75) is 76.5 Å². The van der Waals surface area contributed by atoms with Crippen molar-refractivity contribution >= 4 is 11.8 Å². The van der Waals surface area contributed by atoms with Gasteiger partial charge in [0.25, 0.3) is 0 Å². The molecule has 3 atom stereocenters. The van der Waals surface area contributed by atoms with Crippen LogP contribution < -0.4 is 11.1 Å². The first-order chi connectivity index (χ1) is 9.00. The normalized spacial score (nSPS) is 28.6. The summed E-state index contributed by atoms with van der Waals surface area (Å²) in [6.07, 6.45) is 6.37. The molecule has 0 aromatic rings. The van der Waals surface area contributed by atoms with Gasteiger partial charge < -0.3 is 16.0 Å². The highest BCUT2D eigenvalue weighted by Gasteiger charge is 2.40. The molecule has 2 aliphatic rings. The van der Waals surface area contributed by atoms with Crippen molar-refractivity contribution in [1.82, 2.24) is 10.2 Å². The third-order valence-corrected chi connectivity index (χ3v) is 4.13. The second kappa shape index (κ2) is 5.90. The van der Waals surface area contributed by atoms with E-state index in [-0.39, 0.29) is 23.9 Å². The largest absolute Gasteiger partial charge is 0.350 e. The zero-order valence-electron chi connectivity index (χ0n) is 11.9. The van der Waals surface area contributed by atoms with E-state index in [1.165, 1.54) is 0 Å². The molecular weight excluding hydrogens is 242 g/mol. The molecule has 0 unspecified atom stereocenters. The van der Waals surface area contributed by atoms with Gasteiger partial charge in [0.2, 0.25) is 11.8 Å². The highest BCUT2D eigenvalue weighted by Crippen LogP contribution is 2.33. The van der Waals surface area contributed by atoms with E-state index in [0.29, 0.717) is 6.04 Å². The van der Waals surface area contributed by atoms with Crippen LogP contribution in [0.4, 0.5) is 0 Å². The molecule has 108 valence electrons. The summed E-state index contributed by atoms with van der Waals surface area (Å²) in [5.41, 5.74) is 5.61.